The Morgan fingerprint density at radius 2 is 1.72 bits per heavy atom. The van der Waals surface area contributed by atoms with E-state index in [2.05, 4.69) is 5.32 Å². The van der Waals surface area contributed by atoms with Crippen LogP contribution in [0.5, 0.6) is 0 Å². The predicted molar refractivity (Wildman–Crippen MR) is 115 cm³/mol. The molecule has 4 rings (SSSR count). The van der Waals surface area contributed by atoms with Gasteiger partial charge in [-0.2, -0.15) is 0 Å². The monoisotopic (exact) mass is 408 g/mol. The Kier molecular flexibility index (Phi) is 5.28. The molecule has 0 radical (unpaired) electrons. The summed E-state index contributed by atoms with van der Waals surface area (Å²) in [7, 11) is -3.57. The molecule has 0 fully saturated rings. The molecule has 1 heterocycles. The Bertz CT molecular complexity index is 1140. The molecule has 0 unspecified atom stereocenters. The van der Waals surface area contributed by atoms with E-state index in [0.29, 0.717) is 17.0 Å². The molecule has 1 amide bonds. The maximum Gasteiger partial charge on any atom is 0.265 e. The Balaban J connectivity index is 1.42. The van der Waals surface area contributed by atoms with Crippen LogP contribution >= 0.6 is 0 Å². The van der Waals surface area contributed by atoms with Crippen molar-refractivity contribution in [2.75, 3.05) is 10.8 Å². The second kappa shape index (κ2) is 7.87. The van der Waals surface area contributed by atoms with E-state index >= 15 is 0 Å². The second-order valence-electron chi connectivity index (χ2n) is 7.25. The zero-order chi connectivity index (χ0) is 20.4. The Labute approximate surface area is 171 Å². The Morgan fingerprint density at radius 1 is 1.00 bits per heavy atom. The van der Waals surface area contributed by atoms with Crippen molar-refractivity contribution in [1.82, 2.24) is 5.32 Å². The van der Waals surface area contributed by atoms with Gasteiger partial charge in [0, 0.05) is 18.4 Å². The molecule has 1 atom stereocenters. The lowest BCUT2D eigenvalue weighted by molar-refractivity contribution is -0.121. The molecule has 3 aromatic rings. The van der Waals surface area contributed by atoms with E-state index in [9.17, 15) is 13.2 Å². The minimum absolute atomic E-state index is 0.0303. The fraction of sp³-hybridized carbons (Fsp3) is 0.261. The van der Waals surface area contributed by atoms with Gasteiger partial charge in [0.25, 0.3) is 10.0 Å². The van der Waals surface area contributed by atoms with E-state index < -0.39 is 10.0 Å². The number of sulfonamides is 1. The van der Waals surface area contributed by atoms with Gasteiger partial charge in [0.15, 0.2) is 0 Å². The van der Waals surface area contributed by atoms with Crippen LogP contribution in [0.2, 0.25) is 0 Å². The summed E-state index contributed by atoms with van der Waals surface area (Å²) in [5, 5.41) is 4.75. The van der Waals surface area contributed by atoms with E-state index in [1.54, 1.807) is 12.1 Å². The Hall–Kier alpha value is -2.86. The lowest BCUT2D eigenvalue weighted by atomic mass is 10.0. The van der Waals surface area contributed by atoms with Gasteiger partial charge in [-0.15, -0.1) is 0 Å². The van der Waals surface area contributed by atoms with Crippen LogP contribution in [0.1, 0.15) is 37.8 Å². The molecule has 29 heavy (non-hydrogen) atoms. The molecular weight excluding hydrogens is 384 g/mol. The summed E-state index contributed by atoms with van der Waals surface area (Å²) in [5.41, 5.74) is 1.78. The highest BCUT2D eigenvalue weighted by Crippen LogP contribution is 2.41. The number of hydrogen-bond acceptors (Lipinski definition) is 3. The van der Waals surface area contributed by atoms with Crippen LogP contribution in [0, 0.1) is 0 Å². The fourth-order valence-corrected chi connectivity index (χ4v) is 5.70. The van der Waals surface area contributed by atoms with Gasteiger partial charge in [-0.25, -0.2) is 8.42 Å². The van der Waals surface area contributed by atoms with E-state index in [1.807, 2.05) is 61.5 Å². The van der Waals surface area contributed by atoms with Crippen molar-refractivity contribution >= 4 is 32.4 Å². The highest BCUT2D eigenvalue weighted by atomic mass is 32.2. The number of anilines is 1. The number of hydrogen-bond donors (Lipinski definition) is 1. The second-order valence-corrected chi connectivity index (χ2v) is 9.08. The van der Waals surface area contributed by atoms with Crippen LogP contribution in [0.3, 0.4) is 0 Å². The van der Waals surface area contributed by atoms with E-state index in [0.717, 1.165) is 22.8 Å². The van der Waals surface area contributed by atoms with Gasteiger partial charge in [-0.05, 0) is 35.9 Å². The van der Waals surface area contributed by atoms with Crippen LogP contribution in [0.4, 0.5) is 5.69 Å². The minimum atomic E-state index is -3.57. The average molecular weight is 409 g/mol. The van der Waals surface area contributed by atoms with Gasteiger partial charge in [-0.3, -0.25) is 9.10 Å². The number of nitrogens with one attached hydrogen (secondary N) is 1. The molecule has 0 bridgehead atoms. The summed E-state index contributed by atoms with van der Waals surface area (Å²) in [6.07, 6.45) is 1.54. The van der Waals surface area contributed by atoms with E-state index in [1.165, 1.54) is 4.31 Å². The lowest BCUT2D eigenvalue weighted by Crippen LogP contribution is -2.31. The van der Waals surface area contributed by atoms with Crippen LogP contribution in [0.25, 0.3) is 10.8 Å². The third kappa shape index (κ3) is 3.60. The lowest BCUT2D eigenvalue weighted by Gasteiger charge is -2.20. The topological polar surface area (TPSA) is 66.5 Å². The van der Waals surface area contributed by atoms with Crippen molar-refractivity contribution in [3.8, 4) is 0 Å². The quantitative estimate of drug-likeness (QED) is 0.630. The Morgan fingerprint density at radius 3 is 2.45 bits per heavy atom. The van der Waals surface area contributed by atoms with E-state index in [4.69, 9.17) is 0 Å². The molecule has 1 N–H and O–H groups in total. The first-order valence-corrected chi connectivity index (χ1v) is 11.3. The first-order chi connectivity index (χ1) is 14.0. The molecule has 0 saturated carbocycles. The van der Waals surface area contributed by atoms with Crippen molar-refractivity contribution in [3.63, 3.8) is 0 Å². The van der Waals surface area contributed by atoms with Crippen LogP contribution < -0.4 is 9.62 Å². The predicted octanol–water partition coefficient (Wildman–Crippen LogP) is 4.40. The summed E-state index contributed by atoms with van der Waals surface area (Å²) in [5.74, 6) is -0.0620. The normalized spacial score (nSPS) is 15.4. The molecule has 0 saturated heterocycles. The number of benzene rings is 3. The number of rotatable bonds is 7. The molecular formula is C23H24N2O3S. The van der Waals surface area contributed by atoms with Gasteiger partial charge >= 0.3 is 0 Å². The number of amides is 1. The van der Waals surface area contributed by atoms with Gasteiger partial charge < -0.3 is 5.32 Å². The molecule has 1 aliphatic heterocycles. The standard InChI is InChI=1S/C23H24N2O3S/c1-2-19(17-9-4-3-5-10-17)24-22(26)15-8-16-25-20-13-6-11-18-12-7-14-21(23(18)20)29(25,27)28/h3-7,9-14,19H,2,8,15-16H2,1H3,(H,24,26)/t19-/m0/s1. The fourth-order valence-electron chi connectivity index (χ4n) is 3.96. The molecule has 0 spiro atoms. The van der Waals surface area contributed by atoms with Crippen molar-refractivity contribution in [2.24, 2.45) is 0 Å². The SMILES string of the molecule is CC[C@H](NC(=O)CCCN1c2cccc3cccc(c23)S1(=O)=O)c1ccccc1. The maximum atomic E-state index is 13.0. The molecule has 0 aromatic heterocycles. The van der Waals surface area contributed by atoms with E-state index in [-0.39, 0.29) is 24.9 Å². The van der Waals surface area contributed by atoms with Crippen LogP contribution in [0.15, 0.2) is 71.6 Å². The summed E-state index contributed by atoms with van der Waals surface area (Å²) < 4.78 is 27.4. The third-order valence-electron chi connectivity index (χ3n) is 5.39. The summed E-state index contributed by atoms with van der Waals surface area (Å²) in [6.45, 7) is 2.32. The molecule has 150 valence electrons. The third-order valence-corrected chi connectivity index (χ3v) is 7.25. The number of carbonyl (C=O) groups is 1. The first-order valence-electron chi connectivity index (χ1n) is 9.91. The number of carbonyl (C=O) groups excluding carboxylic acids is 1. The molecule has 3 aromatic carbocycles. The minimum Gasteiger partial charge on any atom is -0.349 e. The first kappa shape index (κ1) is 19.5. The largest absolute Gasteiger partial charge is 0.349 e. The average Bonchev–Trinajstić information content (AvgIpc) is 2.96. The molecule has 6 heteroatoms. The van der Waals surface area contributed by atoms with Crippen molar-refractivity contribution in [1.29, 1.82) is 0 Å². The van der Waals surface area contributed by atoms with Gasteiger partial charge in [0.2, 0.25) is 5.91 Å². The van der Waals surface area contributed by atoms with Crippen molar-refractivity contribution in [2.45, 2.75) is 37.1 Å². The summed E-state index contributed by atoms with van der Waals surface area (Å²) in [4.78, 5) is 12.8. The molecule has 5 nitrogen and oxygen atoms in total. The van der Waals surface area contributed by atoms with Crippen LogP contribution in [-0.4, -0.2) is 20.9 Å². The zero-order valence-corrected chi connectivity index (χ0v) is 17.2. The molecule has 1 aliphatic rings. The van der Waals surface area contributed by atoms with Crippen molar-refractivity contribution in [3.05, 3.63) is 72.3 Å². The van der Waals surface area contributed by atoms with Gasteiger partial charge in [-0.1, -0.05) is 61.5 Å². The van der Waals surface area contributed by atoms with Gasteiger partial charge in [0.05, 0.1) is 16.6 Å². The highest BCUT2D eigenvalue weighted by Gasteiger charge is 2.35. The van der Waals surface area contributed by atoms with Gasteiger partial charge in [0.1, 0.15) is 0 Å². The smallest absolute Gasteiger partial charge is 0.265 e. The molecule has 0 aliphatic carbocycles. The number of nitrogens with zero attached hydrogens (tertiary/aromatic N) is 1. The van der Waals surface area contributed by atoms with Crippen molar-refractivity contribution < 1.29 is 13.2 Å². The zero-order valence-electron chi connectivity index (χ0n) is 16.3. The summed E-state index contributed by atoms with van der Waals surface area (Å²) >= 11 is 0. The highest BCUT2D eigenvalue weighted by molar-refractivity contribution is 7.93. The van der Waals surface area contributed by atoms with Crippen LogP contribution in [-0.2, 0) is 14.8 Å². The maximum absolute atomic E-state index is 13.0. The summed E-state index contributed by atoms with van der Waals surface area (Å²) in [6, 6.07) is 20.8.